The number of amides is 1. The van der Waals surface area contributed by atoms with Gasteiger partial charge in [-0.05, 0) is 31.9 Å². The van der Waals surface area contributed by atoms with Crippen LogP contribution in [0.15, 0.2) is 12.3 Å². The van der Waals surface area contributed by atoms with Crippen LogP contribution in [0, 0.1) is 5.41 Å². The Kier molecular flexibility index (Phi) is 3.78. The number of hydrogen-bond acceptors (Lipinski definition) is 3. The topological polar surface area (TPSA) is 69.8 Å². The van der Waals surface area contributed by atoms with Crippen molar-refractivity contribution in [3.8, 4) is 0 Å². The Balaban J connectivity index is 1.93. The van der Waals surface area contributed by atoms with Gasteiger partial charge in [-0.1, -0.05) is 6.92 Å². The molecular formula is C12H20N4O. The Bertz CT molecular complexity index is 355. The highest BCUT2D eigenvalue weighted by molar-refractivity contribution is 5.82. The molecule has 0 aliphatic carbocycles. The Morgan fingerprint density at radius 2 is 2.53 bits per heavy atom. The molecule has 5 heteroatoms. The van der Waals surface area contributed by atoms with Crippen molar-refractivity contribution in [1.82, 2.24) is 20.8 Å². The van der Waals surface area contributed by atoms with Gasteiger partial charge in [0.05, 0.1) is 17.7 Å². The van der Waals surface area contributed by atoms with E-state index in [1.807, 2.05) is 6.07 Å². The van der Waals surface area contributed by atoms with E-state index in [1.165, 1.54) is 0 Å². The molecule has 2 heterocycles. The smallest absolute Gasteiger partial charge is 0.227 e. The lowest BCUT2D eigenvalue weighted by atomic mass is 9.77. The highest BCUT2D eigenvalue weighted by Crippen LogP contribution is 2.30. The van der Waals surface area contributed by atoms with Crippen molar-refractivity contribution in [2.45, 2.75) is 32.7 Å². The van der Waals surface area contributed by atoms with E-state index in [0.717, 1.165) is 38.0 Å². The quantitative estimate of drug-likeness (QED) is 0.724. The highest BCUT2D eigenvalue weighted by atomic mass is 16.2. The van der Waals surface area contributed by atoms with Crippen molar-refractivity contribution >= 4 is 5.91 Å². The number of piperidine rings is 1. The molecular weight excluding hydrogens is 216 g/mol. The second kappa shape index (κ2) is 5.31. The third kappa shape index (κ3) is 2.66. The zero-order valence-corrected chi connectivity index (χ0v) is 10.3. The maximum absolute atomic E-state index is 12.3. The molecule has 1 aliphatic rings. The predicted molar refractivity (Wildman–Crippen MR) is 65.3 cm³/mol. The summed E-state index contributed by atoms with van der Waals surface area (Å²) >= 11 is 0. The fourth-order valence-electron chi connectivity index (χ4n) is 2.37. The second-order valence-electron chi connectivity index (χ2n) is 4.68. The fourth-order valence-corrected chi connectivity index (χ4v) is 2.37. The van der Waals surface area contributed by atoms with Crippen LogP contribution < -0.4 is 10.6 Å². The zero-order chi connectivity index (χ0) is 12.1. The average Bonchev–Trinajstić information content (AvgIpc) is 2.90. The third-order valence-electron chi connectivity index (χ3n) is 3.63. The van der Waals surface area contributed by atoms with Gasteiger partial charge in [0.2, 0.25) is 5.91 Å². The van der Waals surface area contributed by atoms with Gasteiger partial charge in [-0.25, -0.2) is 0 Å². The summed E-state index contributed by atoms with van der Waals surface area (Å²) in [6, 6.07) is 1.87. The Morgan fingerprint density at radius 3 is 3.12 bits per heavy atom. The first-order chi connectivity index (χ1) is 8.27. The van der Waals surface area contributed by atoms with Crippen LogP contribution >= 0.6 is 0 Å². The molecule has 1 unspecified atom stereocenters. The van der Waals surface area contributed by atoms with Crippen LogP contribution in [0.3, 0.4) is 0 Å². The van der Waals surface area contributed by atoms with E-state index < -0.39 is 0 Å². The van der Waals surface area contributed by atoms with Gasteiger partial charge in [-0.2, -0.15) is 5.10 Å². The molecule has 5 nitrogen and oxygen atoms in total. The number of nitrogens with zero attached hydrogens (tertiary/aromatic N) is 1. The molecule has 1 aromatic heterocycles. The number of rotatable bonds is 4. The van der Waals surface area contributed by atoms with Crippen LogP contribution in [-0.4, -0.2) is 29.2 Å². The maximum atomic E-state index is 12.3. The molecule has 1 atom stereocenters. The van der Waals surface area contributed by atoms with E-state index in [9.17, 15) is 4.79 Å². The molecule has 2 rings (SSSR count). The summed E-state index contributed by atoms with van der Waals surface area (Å²) in [5.74, 6) is 0.154. The van der Waals surface area contributed by atoms with Gasteiger partial charge in [-0.3, -0.25) is 9.89 Å². The summed E-state index contributed by atoms with van der Waals surface area (Å²) < 4.78 is 0. The van der Waals surface area contributed by atoms with Gasteiger partial charge in [-0.15, -0.1) is 0 Å². The van der Waals surface area contributed by atoms with Crippen molar-refractivity contribution < 1.29 is 4.79 Å². The monoisotopic (exact) mass is 236 g/mol. The summed E-state index contributed by atoms with van der Waals surface area (Å²) in [5.41, 5.74) is 0.714. The van der Waals surface area contributed by atoms with Gasteiger partial charge in [0.25, 0.3) is 0 Å². The zero-order valence-electron chi connectivity index (χ0n) is 10.3. The second-order valence-corrected chi connectivity index (χ2v) is 4.68. The summed E-state index contributed by atoms with van der Waals surface area (Å²) in [4.78, 5) is 12.3. The molecule has 1 amide bonds. The van der Waals surface area contributed by atoms with Crippen molar-refractivity contribution in [1.29, 1.82) is 0 Å². The molecule has 0 saturated carbocycles. The predicted octanol–water partition coefficient (Wildman–Crippen LogP) is 0.806. The van der Waals surface area contributed by atoms with Crippen molar-refractivity contribution in [2.75, 3.05) is 13.1 Å². The summed E-state index contributed by atoms with van der Waals surface area (Å²) in [5, 5.41) is 13.0. The summed E-state index contributed by atoms with van der Waals surface area (Å²) in [7, 11) is 0. The summed E-state index contributed by atoms with van der Waals surface area (Å²) in [6.45, 7) is 4.43. The van der Waals surface area contributed by atoms with Crippen LogP contribution in [0.25, 0.3) is 0 Å². The third-order valence-corrected chi connectivity index (χ3v) is 3.63. The van der Waals surface area contributed by atoms with Crippen LogP contribution in [0.4, 0.5) is 0 Å². The minimum Gasteiger partial charge on any atom is -0.350 e. The normalized spacial score (nSPS) is 24.5. The maximum Gasteiger partial charge on any atom is 0.227 e. The number of hydrogen-bond donors (Lipinski definition) is 3. The lowest BCUT2D eigenvalue weighted by Crippen LogP contribution is -2.50. The minimum atomic E-state index is -0.224. The SMILES string of the molecule is CCC1(C(=O)NCc2ccn[nH]2)CCCNC1. The Hall–Kier alpha value is -1.36. The molecule has 1 fully saturated rings. The highest BCUT2D eigenvalue weighted by Gasteiger charge is 2.37. The Morgan fingerprint density at radius 1 is 1.65 bits per heavy atom. The summed E-state index contributed by atoms with van der Waals surface area (Å²) in [6.07, 6.45) is 4.63. The van der Waals surface area contributed by atoms with Crippen molar-refractivity contribution in [2.24, 2.45) is 5.41 Å². The van der Waals surface area contributed by atoms with Crippen molar-refractivity contribution in [3.63, 3.8) is 0 Å². The lowest BCUT2D eigenvalue weighted by Gasteiger charge is -2.35. The fraction of sp³-hybridized carbons (Fsp3) is 0.667. The van der Waals surface area contributed by atoms with Crippen LogP contribution in [0.1, 0.15) is 31.9 Å². The standard InChI is InChI=1S/C12H20N4O/c1-2-12(5-3-6-13-9-12)11(17)14-8-10-4-7-15-16-10/h4,7,13H,2-3,5-6,8-9H2,1H3,(H,14,17)(H,15,16). The largest absolute Gasteiger partial charge is 0.350 e. The number of nitrogens with one attached hydrogen (secondary N) is 3. The Labute approximate surface area is 101 Å². The molecule has 17 heavy (non-hydrogen) atoms. The van der Waals surface area contributed by atoms with E-state index in [-0.39, 0.29) is 11.3 Å². The molecule has 94 valence electrons. The van der Waals surface area contributed by atoms with Gasteiger partial charge in [0.1, 0.15) is 0 Å². The first-order valence-electron chi connectivity index (χ1n) is 6.24. The van der Waals surface area contributed by atoms with E-state index in [0.29, 0.717) is 6.54 Å². The molecule has 0 bridgehead atoms. The van der Waals surface area contributed by atoms with Gasteiger partial charge >= 0.3 is 0 Å². The number of H-pyrrole nitrogens is 1. The van der Waals surface area contributed by atoms with E-state index in [1.54, 1.807) is 6.20 Å². The molecule has 1 saturated heterocycles. The number of carbonyl (C=O) groups excluding carboxylic acids is 1. The van der Waals surface area contributed by atoms with Crippen molar-refractivity contribution in [3.05, 3.63) is 18.0 Å². The van der Waals surface area contributed by atoms with E-state index in [4.69, 9.17) is 0 Å². The van der Waals surface area contributed by atoms with Crippen LogP contribution in [0.2, 0.25) is 0 Å². The number of carbonyl (C=O) groups is 1. The molecule has 0 radical (unpaired) electrons. The number of aromatic amines is 1. The average molecular weight is 236 g/mol. The molecule has 0 spiro atoms. The van der Waals surface area contributed by atoms with E-state index in [2.05, 4.69) is 27.8 Å². The minimum absolute atomic E-state index is 0.154. The number of aromatic nitrogens is 2. The van der Waals surface area contributed by atoms with E-state index >= 15 is 0 Å². The first kappa shape index (κ1) is 12.1. The lowest BCUT2D eigenvalue weighted by molar-refractivity contribution is -0.132. The van der Waals surface area contributed by atoms with Gasteiger partial charge in [0, 0.05) is 12.7 Å². The molecule has 1 aromatic rings. The van der Waals surface area contributed by atoms with Crippen LogP contribution in [-0.2, 0) is 11.3 Å². The molecule has 3 N–H and O–H groups in total. The van der Waals surface area contributed by atoms with Crippen LogP contribution in [0.5, 0.6) is 0 Å². The first-order valence-corrected chi connectivity index (χ1v) is 6.24. The van der Waals surface area contributed by atoms with Gasteiger partial charge < -0.3 is 10.6 Å². The molecule has 0 aromatic carbocycles. The van der Waals surface area contributed by atoms with Gasteiger partial charge in [0.15, 0.2) is 0 Å². The molecule has 1 aliphatic heterocycles.